The average molecular weight is 184 g/mol. The maximum Gasteiger partial charge on any atom is 0.309 e. The van der Waals surface area contributed by atoms with Crippen LogP contribution < -0.4 is 0 Å². The second-order valence-electron chi connectivity index (χ2n) is 3.89. The van der Waals surface area contributed by atoms with Crippen molar-refractivity contribution in [2.75, 3.05) is 7.11 Å². The molecule has 0 saturated heterocycles. The first-order valence-electron chi connectivity index (χ1n) is 4.45. The number of aliphatic carboxylic acids is 1. The van der Waals surface area contributed by atoms with Crippen LogP contribution in [0.15, 0.2) is 0 Å². The van der Waals surface area contributed by atoms with Gasteiger partial charge in [-0.15, -0.1) is 0 Å². The van der Waals surface area contributed by atoms with Crippen LogP contribution >= 0.6 is 0 Å². The highest BCUT2D eigenvalue weighted by Crippen LogP contribution is 2.58. The van der Waals surface area contributed by atoms with Crippen LogP contribution in [-0.4, -0.2) is 24.2 Å². The summed E-state index contributed by atoms with van der Waals surface area (Å²) in [5.74, 6) is -1.39. The van der Waals surface area contributed by atoms with Gasteiger partial charge in [0.1, 0.15) is 0 Å². The molecule has 2 aliphatic rings. The van der Waals surface area contributed by atoms with E-state index in [9.17, 15) is 9.59 Å². The van der Waals surface area contributed by atoms with Crippen molar-refractivity contribution in [3.05, 3.63) is 0 Å². The molecule has 4 unspecified atom stereocenters. The molecule has 0 aromatic rings. The monoisotopic (exact) mass is 184 g/mol. The number of hydrogen-bond acceptors (Lipinski definition) is 3. The minimum Gasteiger partial charge on any atom is -0.481 e. The predicted molar refractivity (Wildman–Crippen MR) is 42.8 cm³/mol. The first kappa shape index (κ1) is 8.53. The summed E-state index contributed by atoms with van der Waals surface area (Å²) >= 11 is 0. The first-order valence-corrected chi connectivity index (χ1v) is 4.45. The van der Waals surface area contributed by atoms with Crippen LogP contribution in [0.3, 0.4) is 0 Å². The Morgan fingerprint density at radius 3 is 2.62 bits per heavy atom. The topological polar surface area (TPSA) is 63.6 Å². The predicted octanol–water partition coefficient (Wildman–Crippen LogP) is 0.516. The third-order valence-electron chi connectivity index (χ3n) is 3.22. The molecular formula is C9H12O4. The first-order chi connectivity index (χ1) is 6.15. The largest absolute Gasteiger partial charge is 0.481 e. The lowest BCUT2D eigenvalue weighted by molar-refractivity contribution is -0.155. The third-order valence-corrected chi connectivity index (χ3v) is 3.22. The van der Waals surface area contributed by atoms with Gasteiger partial charge < -0.3 is 9.84 Å². The number of carboxylic acid groups (broad SMARTS) is 1. The van der Waals surface area contributed by atoms with Crippen molar-refractivity contribution in [3.8, 4) is 0 Å². The Labute approximate surface area is 75.9 Å². The highest BCUT2D eigenvalue weighted by atomic mass is 16.5. The number of fused-ring (bicyclic) bond motifs is 1. The molecular weight excluding hydrogens is 172 g/mol. The van der Waals surface area contributed by atoms with Crippen LogP contribution in [0.25, 0.3) is 0 Å². The van der Waals surface area contributed by atoms with E-state index in [1.165, 1.54) is 7.11 Å². The molecule has 4 heteroatoms. The molecule has 0 bridgehead atoms. The normalized spacial score (nSPS) is 41.0. The Morgan fingerprint density at radius 2 is 2.08 bits per heavy atom. The van der Waals surface area contributed by atoms with Crippen LogP contribution in [0.5, 0.6) is 0 Å². The lowest BCUT2D eigenvalue weighted by atomic mass is 9.91. The number of esters is 1. The van der Waals surface area contributed by atoms with E-state index in [0.29, 0.717) is 12.3 Å². The zero-order chi connectivity index (χ0) is 9.59. The van der Waals surface area contributed by atoms with Gasteiger partial charge in [-0.05, 0) is 24.7 Å². The summed E-state index contributed by atoms with van der Waals surface area (Å²) in [6.45, 7) is 0. The second kappa shape index (κ2) is 2.72. The van der Waals surface area contributed by atoms with Crippen LogP contribution in [0.4, 0.5) is 0 Å². The van der Waals surface area contributed by atoms with E-state index in [1.807, 2.05) is 0 Å². The maximum absolute atomic E-state index is 11.2. The summed E-state index contributed by atoms with van der Waals surface area (Å²) in [6, 6.07) is 0. The van der Waals surface area contributed by atoms with Crippen molar-refractivity contribution >= 4 is 11.9 Å². The second-order valence-corrected chi connectivity index (χ2v) is 3.89. The van der Waals surface area contributed by atoms with Gasteiger partial charge in [-0.2, -0.15) is 0 Å². The van der Waals surface area contributed by atoms with Gasteiger partial charge in [0.2, 0.25) is 0 Å². The average Bonchev–Trinajstić information content (AvgIpc) is 2.74. The fourth-order valence-corrected chi connectivity index (χ4v) is 2.50. The molecule has 0 radical (unpaired) electrons. The summed E-state index contributed by atoms with van der Waals surface area (Å²) in [5, 5.41) is 8.92. The number of ether oxygens (including phenoxy) is 1. The van der Waals surface area contributed by atoms with Gasteiger partial charge in [0.25, 0.3) is 0 Å². The molecule has 0 amide bonds. The van der Waals surface area contributed by atoms with E-state index in [2.05, 4.69) is 4.74 Å². The van der Waals surface area contributed by atoms with Gasteiger partial charge in [-0.3, -0.25) is 9.59 Å². The molecule has 0 aromatic carbocycles. The van der Waals surface area contributed by atoms with Crippen LogP contribution in [-0.2, 0) is 14.3 Å². The van der Waals surface area contributed by atoms with E-state index in [0.717, 1.165) is 6.42 Å². The standard InChI is InChI=1S/C9H12O4/c1-13-9(12)6-3-4-2-5(4)7(6)8(10)11/h4-7H,2-3H2,1H3,(H,10,11). The Hall–Kier alpha value is -1.06. The van der Waals surface area contributed by atoms with Crippen molar-refractivity contribution in [2.45, 2.75) is 12.8 Å². The molecule has 0 aromatic heterocycles. The van der Waals surface area contributed by atoms with E-state index < -0.39 is 17.8 Å². The molecule has 1 N–H and O–H groups in total. The van der Waals surface area contributed by atoms with Crippen molar-refractivity contribution in [1.82, 2.24) is 0 Å². The number of methoxy groups -OCH3 is 1. The van der Waals surface area contributed by atoms with Crippen molar-refractivity contribution in [1.29, 1.82) is 0 Å². The maximum atomic E-state index is 11.2. The fraction of sp³-hybridized carbons (Fsp3) is 0.778. The molecule has 0 spiro atoms. The minimum atomic E-state index is -0.847. The van der Waals surface area contributed by atoms with Crippen LogP contribution in [0.2, 0.25) is 0 Å². The third kappa shape index (κ3) is 1.20. The quantitative estimate of drug-likeness (QED) is 0.635. The molecule has 2 saturated carbocycles. The van der Waals surface area contributed by atoms with Gasteiger partial charge in [0.05, 0.1) is 18.9 Å². The Balaban J connectivity index is 2.12. The summed E-state index contributed by atoms with van der Waals surface area (Å²) in [4.78, 5) is 22.1. The lowest BCUT2D eigenvalue weighted by Gasteiger charge is -2.15. The van der Waals surface area contributed by atoms with Gasteiger partial charge in [-0.25, -0.2) is 0 Å². The number of carboxylic acids is 1. The van der Waals surface area contributed by atoms with E-state index in [-0.39, 0.29) is 11.9 Å². The summed E-state index contributed by atoms with van der Waals surface area (Å²) < 4.78 is 4.58. The zero-order valence-corrected chi connectivity index (χ0v) is 7.40. The Morgan fingerprint density at radius 1 is 1.38 bits per heavy atom. The number of carbonyl (C=O) groups excluding carboxylic acids is 1. The van der Waals surface area contributed by atoms with Gasteiger partial charge in [0.15, 0.2) is 0 Å². The highest BCUT2D eigenvalue weighted by molar-refractivity contribution is 5.82. The van der Waals surface area contributed by atoms with Crippen molar-refractivity contribution < 1.29 is 19.4 Å². The van der Waals surface area contributed by atoms with Gasteiger partial charge >= 0.3 is 11.9 Å². The fourth-order valence-electron chi connectivity index (χ4n) is 2.50. The molecule has 0 heterocycles. The molecule has 0 aliphatic heterocycles. The molecule has 2 aliphatic carbocycles. The van der Waals surface area contributed by atoms with Crippen molar-refractivity contribution in [2.24, 2.45) is 23.7 Å². The van der Waals surface area contributed by atoms with E-state index in [4.69, 9.17) is 5.11 Å². The van der Waals surface area contributed by atoms with Crippen molar-refractivity contribution in [3.63, 3.8) is 0 Å². The molecule has 72 valence electrons. The molecule has 2 rings (SSSR count). The summed E-state index contributed by atoms with van der Waals surface area (Å²) in [5.41, 5.74) is 0. The van der Waals surface area contributed by atoms with E-state index in [1.54, 1.807) is 0 Å². The lowest BCUT2D eigenvalue weighted by Crippen LogP contribution is -2.29. The smallest absolute Gasteiger partial charge is 0.309 e. The number of hydrogen-bond donors (Lipinski definition) is 1. The summed E-state index contributed by atoms with van der Waals surface area (Å²) in [6.07, 6.45) is 1.68. The summed E-state index contributed by atoms with van der Waals surface area (Å²) in [7, 11) is 1.31. The highest BCUT2D eigenvalue weighted by Gasteiger charge is 2.58. The van der Waals surface area contributed by atoms with Crippen LogP contribution in [0.1, 0.15) is 12.8 Å². The SMILES string of the molecule is COC(=O)C1CC2CC2C1C(=O)O. The molecule has 4 nitrogen and oxygen atoms in total. The molecule has 13 heavy (non-hydrogen) atoms. The van der Waals surface area contributed by atoms with Gasteiger partial charge in [-0.1, -0.05) is 0 Å². The zero-order valence-electron chi connectivity index (χ0n) is 7.40. The Kier molecular flexibility index (Phi) is 1.78. The van der Waals surface area contributed by atoms with E-state index >= 15 is 0 Å². The Bertz CT molecular complexity index is 260. The van der Waals surface area contributed by atoms with Crippen LogP contribution in [0, 0.1) is 23.7 Å². The number of rotatable bonds is 2. The van der Waals surface area contributed by atoms with Gasteiger partial charge in [0, 0.05) is 0 Å². The number of carbonyl (C=O) groups is 2. The minimum absolute atomic E-state index is 0.238. The molecule has 4 atom stereocenters. The molecule has 2 fully saturated rings.